The molecule has 4 heteroatoms. The molecular weight excluding hydrogens is 250 g/mol. The Labute approximate surface area is 120 Å². The van der Waals surface area contributed by atoms with Crippen LogP contribution in [0.4, 0.5) is 0 Å². The van der Waals surface area contributed by atoms with Crippen LogP contribution < -0.4 is 5.32 Å². The van der Waals surface area contributed by atoms with Crippen molar-refractivity contribution in [3.05, 3.63) is 35.7 Å². The zero-order valence-electron chi connectivity index (χ0n) is 12.5. The van der Waals surface area contributed by atoms with E-state index in [2.05, 4.69) is 42.4 Å². The highest BCUT2D eigenvalue weighted by atomic mass is 16.4. The smallest absolute Gasteiger partial charge is 0.248 e. The van der Waals surface area contributed by atoms with Gasteiger partial charge in [-0.05, 0) is 37.4 Å². The predicted molar refractivity (Wildman–Crippen MR) is 80.4 cm³/mol. The molecule has 1 unspecified atom stereocenters. The lowest BCUT2D eigenvalue weighted by atomic mass is 10.1. The molecule has 1 N–H and O–H groups in total. The monoisotopic (exact) mass is 273 g/mol. The summed E-state index contributed by atoms with van der Waals surface area (Å²) in [6, 6.07) is 8.33. The number of nitrogens with one attached hydrogen (secondary N) is 1. The van der Waals surface area contributed by atoms with Gasteiger partial charge in [0.1, 0.15) is 0 Å². The summed E-state index contributed by atoms with van der Waals surface area (Å²) in [6.45, 7) is 7.36. The van der Waals surface area contributed by atoms with Crippen molar-refractivity contribution in [2.45, 2.75) is 46.1 Å². The molecule has 0 amide bonds. The van der Waals surface area contributed by atoms with E-state index in [0.29, 0.717) is 11.8 Å². The molecular formula is C16H23N3O. The first kappa shape index (κ1) is 14.7. The van der Waals surface area contributed by atoms with Gasteiger partial charge in [-0.1, -0.05) is 39.0 Å². The van der Waals surface area contributed by atoms with Crippen molar-refractivity contribution in [2.24, 2.45) is 0 Å². The average molecular weight is 273 g/mol. The maximum atomic E-state index is 5.88. The van der Waals surface area contributed by atoms with Crippen LogP contribution in [0.1, 0.15) is 51.1 Å². The van der Waals surface area contributed by atoms with E-state index in [9.17, 15) is 0 Å². The van der Waals surface area contributed by atoms with Crippen molar-refractivity contribution in [3.63, 3.8) is 0 Å². The Bertz CT molecular complexity index is 536. The Hall–Kier alpha value is -1.68. The summed E-state index contributed by atoms with van der Waals surface area (Å²) in [5.41, 5.74) is 2.27. The second-order valence-electron chi connectivity index (χ2n) is 4.87. The summed E-state index contributed by atoms with van der Waals surface area (Å²) in [6.07, 6.45) is 2.99. The zero-order valence-corrected chi connectivity index (χ0v) is 12.5. The van der Waals surface area contributed by atoms with Gasteiger partial charge in [-0.3, -0.25) is 0 Å². The molecule has 0 aliphatic rings. The number of rotatable bonds is 7. The third kappa shape index (κ3) is 3.25. The fraction of sp³-hybridized carbons (Fsp3) is 0.500. The van der Waals surface area contributed by atoms with Crippen molar-refractivity contribution in [3.8, 4) is 11.5 Å². The molecule has 108 valence electrons. The maximum Gasteiger partial charge on any atom is 0.248 e. The van der Waals surface area contributed by atoms with Crippen LogP contribution in [0.2, 0.25) is 0 Å². The van der Waals surface area contributed by atoms with Gasteiger partial charge in [0, 0.05) is 5.56 Å². The molecule has 1 aromatic heterocycles. The van der Waals surface area contributed by atoms with Crippen molar-refractivity contribution < 1.29 is 4.42 Å². The summed E-state index contributed by atoms with van der Waals surface area (Å²) >= 11 is 0. The topological polar surface area (TPSA) is 51.0 Å². The number of aromatic nitrogens is 2. The van der Waals surface area contributed by atoms with Gasteiger partial charge in [0.15, 0.2) is 0 Å². The number of hydrogen-bond donors (Lipinski definition) is 1. The van der Waals surface area contributed by atoms with E-state index in [1.165, 1.54) is 5.56 Å². The van der Waals surface area contributed by atoms with Gasteiger partial charge in [-0.15, -0.1) is 10.2 Å². The summed E-state index contributed by atoms with van der Waals surface area (Å²) in [4.78, 5) is 0. The molecule has 1 heterocycles. The van der Waals surface area contributed by atoms with Crippen molar-refractivity contribution in [1.82, 2.24) is 15.5 Å². The van der Waals surface area contributed by atoms with Gasteiger partial charge in [0.2, 0.25) is 11.8 Å². The molecule has 4 nitrogen and oxygen atoms in total. The van der Waals surface area contributed by atoms with Crippen molar-refractivity contribution in [2.75, 3.05) is 6.54 Å². The van der Waals surface area contributed by atoms with Gasteiger partial charge in [0.25, 0.3) is 0 Å². The van der Waals surface area contributed by atoms with Crippen LogP contribution >= 0.6 is 0 Å². The Morgan fingerprint density at radius 2 is 1.95 bits per heavy atom. The minimum absolute atomic E-state index is 0.144. The second-order valence-corrected chi connectivity index (χ2v) is 4.87. The zero-order chi connectivity index (χ0) is 14.4. The third-order valence-corrected chi connectivity index (χ3v) is 3.42. The second kappa shape index (κ2) is 7.20. The van der Waals surface area contributed by atoms with Crippen LogP contribution in [0.15, 0.2) is 28.7 Å². The molecule has 1 atom stereocenters. The molecule has 20 heavy (non-hydrogen) atoms. The molecule has 0 saturated heterocycles. The Balaban J connectivity index is 2.23. The number of hydrogen-bond acceptors (Lipinski definition) is 4. The van der Waals surface area contributed by atoms with Gasteiger partial charge >= 0.3 is 0 Å². The molecule has 0 saturated carbocycles. The van der Waals surface area contributed by atoms with Gasteiger partial charge in [0.05, 0.1) is 6.04 Å². The van der Waals surface area contributed by atoms with E-state index in [4.69, 9.17) is 4.42 Å². The van der Waals surface area contributed by atoms with E-state index in [1.807, 2.05) is 18.2 Å². The largest absolute Gasteiger partial charge is 0.419 e. The summed E-state index contributed by atoms with van der Waals surface area (Å²) in [7, 11) is 0. The molecule has 1 aromatic carbocycles. The first-order chi connectivity index (χ1) is 9.80. The Kier molecular flexibility index (Phi) is 5.30. The average Bonchev–Trinajstić information content (AvgIpc) is 2.97. The molecule has 2 aromatic rings. The summed E-state index contributed by atoms with van der Waals surface area (Å²) in [5, 5.41) is 11.9. The van der Waals surface area contributed by atoms with Gasteiger partial charge < -0.3 is 9.73 Å². The van der Waals surface area contributed by atoms with Crippen LogP contribution in [-0.2, 0) is 6.42 Å². The normalized spacial score (nSPS) is 12.6. The van der Waals surface area contributed by atoms with E-state index < -0.39 is 0 Å². The van der Waals surface area contributed by atoms with Crippen molar-refractivity contribution >= 4 is 0 Å². The standard InChI is InChI=1S/C16H23N3O/c1-4-11-17-14(6-3)16-19-18-15(20-16)13-10-8-7-9-12(13)5-2/h7-10,14,17H,4-6,11H2,1-3H3. The fourth-order valence-corrected chi connectivity index (χ4v) is 2.25. The number of aryl methyl sites for hydroxylation is 1. The third-order valence-electron chi connectivity index (χ3n) is 3.42. The molecule has 0 fully saturated rings. The first-order valence-corrected chi connectivity index (χ1v) is 7.45. The Morgan fingerprint density at radius 1 is 1.15 bits per heavy atom. The van der Waals surface area contributed by atoms with Crippen LogP contribution in [-0.4, -0.2) is 16.7 Å². The first-order valence-electron chi connectivity index (χ1n) is 7.45. The summed E-state index contributed by atoms with van der Waals surface area (Å²) in [5.74, 6) is 1.30. The minimum Gasteiger partial charge on any atom is -0.419 e. The van der Waals surface area contributed by atoms with Gasteiger partial charge in [-0.2, -0.15) is 0 Å². The van der Waals surface area contributed by atoms with E-state index in [0.717, 1.165) is 31.4 Å². The predicted octanol–water partition coefficient (Wildman–Crippen LogP) is 3.75. The molecule has 2 rings (SSSR count). The Morgan fingerprint density at radius 3 is 2.65 bits per heavy atom. The lowest BCUT2D eigenvalue weighted by molar-refractivity contribution is 0.396. The molecule has 0 spiro atoms. The minimum atomic E-state index is 0.144. The van der Waals surface area contributed by atoms with Crippen LogP contribution in [0.5, 0.6) is 0 Å². The SMILES string of the molecule is CCCNC(CC)c1nnc(-c2ccccc2CC)o1. The molecule has 0 radical (unpaired) electrons. The van der Waals surface area contributed by atoms with Gasteiger partial charge in [-0.25, -0.2) is 0 Å². The van der Waals surface area contributed by atoms with Crippen LogP contribution in [0, 0.1) is 0 Å². The molecule has 0 bridgehead atoms. The maximum absolute atomic E-state index is 5.88. The van der Waals surface area contributed by atoms with E-state index >= 15 is 0 Å². The van der Waals surface area contributed by atoms with E-state index in [-0.39, 0.29) is 6.04 Å². The molecule has 0 aliphatic carbocycles. The number of benzene rings is 1. The highest BCUT2D eigenvalue weighted by Crippen LogP contribution is 2.25. The van der Waals surface area contributed by atoms with E-state index in [1.54, 1.807) is 0 Å². The summed E-state index contributed by atoms with van der Waals surface area (Å²) < 4.78 is 5.88. The lowest BCUT2D eigenvalue weighted by Crippen LogP contribution is -2.21. The fourth-order valence-electron chi connectivity index (χ4n) is 2.25. The quantitative estimate of drug-likeness (QED) is 0.834. The van der Waals surface area contributed by atoms with Crippen LogP contribution in [0.25, 0.3) is 11.5 Å². The lowest BCUT2D eigenvalue weighted by Gasteiger charge is -2.11. The number of nitrogens with zero attached hydrogens (tertiary/aromatic N) is 2. The van der Waals surface area contributed by atoms with Crippen molar-refractivity contribution in [1.29, 1.82) is 0 Å². The van der Waals surface area contributed by atoms with Crippen LogP contribution in [0.3, 0.4) is 0 Å². The highest BCUT2D eigenvalue weighted by molar-refractivity contribution is 5.58. The highest BCUT2D eigenvalue weighted by Gasteiger charge is 2.17. The molecule has 0 aliphatic heterocycles.